The lowest BCUT2D eigenvalue weighted by molar-refractivity contribution is 0.592. The molecule has 0 aromatic carbocycles. The lowest BCUT2D eigenvalue weighted by Crippen LogP contribution is -1.80. The van der Waals surface area contributed by atoms with Crippen molar-refractivity contribution in [3.8, 4) is 0 Å². The molecular weight excluding hydrogens is 128 g/mol. The molecule has 4 heteroatoms. The van der Waals surface area contributed by atoms with Crippen LogP contribution in [0.25, 0.3) is 0 Å². The number of hydrogen-bond donors (Lipinski definition) is 0. The van der Waals surface area contributed by atoms with Crippen molar-refractivity contribution < 1.29 is 4.74 Å². The number of aliphatic imine (C=N–C) groups is 2. The SMILES string of the molecule is CN=COC=NC.Cl. The maximum atomic E-state index is 4.55. The molecule has 0 heterocycles. The fourth-order valence-electron chi connectivity index (χ4n) is 0.149. The summed E-state index contributed by atoms with van der Waals surface area (Å²) in [6.07, 6.45) is 2.62. The van der Waals surface area contributed by atoms with Crippen LogP contribution < -0.4 is 0 Å². The Balaban J connectivity index is 0. The first-order chi connectivity index (χ1) is 3.41. The summed E-state index contributed by atoms with van der Waals surface area (Å²) in [4.78, 5) is 7.07. The fraction of sp³-hybridized carbons (Fsp3) is 0.500. The van der Waals surface area contributed by atoms with E-state index in [2.05, 4.69) is 14.7 Å². The lowest BCUT2D eigenvalue weighted by Gasteiger charge is -1.80. The van der Waals surface area contributed by atoms with Gasteiger partial charge >= 0.3 is 0 Å². The van der Waals surface area contributed by atoms with Crippen LogP contribution in [-0.2, 0) is 4.74 Å². The second-order valence-electron chi connectivity index (χ2n) is 0.863. The Bertz CT molecular complexity index is 72.1. The first-order valence-electron chi connectivity index (χ1n) is 1.88. The molecule has 0 spiro atoms. The van der Waals surface area contributed by atoms with Crippen LogP contribution in [0.5, 0.6) is 0 Å². The minimum absolute atomic E-state index is 0. The van der Waals surface area contributed by atoms with Gasteiger partial charge < -0.3 is 4.74 Å². The Morgan fingerprint density at radius 2 is 1.50 bits per heavy atom. The smallest absolute Gasteiger partial charge is 0.177 e. The van der Waals surface area contributed by atoms with Gasteiger partial charge in [-0.05, 0) is 0 Å². The van der Waals surface area contributed by atoms with Gasteiger partial charge in [-0.25, -0.2) is 0 Å². The summed E-state index contributed by atoms with van der Waals surface area (Å²) in [5.74, 6) is 0. The summed E-state index contributed by atoms with van der Waals surface area (Å²) in [6.45, 7) is 0. The standard InChI is InChI=1S/C4H8N2O.ClH/c1-5-3-7-4-6-2;/h3-4H,1-2H3;1H. The maximum absolute atomic E-state index is 4.55. The summed E-state index contributed by atoms with van der Waals surface area (Å²) in [6, 6.07) is 0. The van der Waals surface area contributed by atoms with Crippen molar-refractivity contribution in [2.24, 2.45) is 9.98 Å². The molecule has 0 fully saturated rings. The van der Waals surface area contributed by atoms with Crippen LogP contribution in [0.1, 0.15) is 0 Å². The normalized spacial score (nSPS) is 9.75. The number of nitrogens with zero attached hydrogens (tertiary/aromatic N) is 2. The van der Waals surface area contributed by atoms with Crippen LogP contribution in [0.3, 0.4) is 0 Å². The zero-order valence-corrected chi connectivity index (χ0v) is 5.68. The van der Waals surface area contributed by atoms with Crippen LogP contribution >= 0.6 is 12.4 Å². The topological polar surface area (TPSA) is 34.0 Å². The predicted molar refractivity (Wildman–Crippen MR) is 37.2 cm³/mol. The number of halogens is 1. The third-order valence-electron chi connectivity index (χ3n) is 0.333. The zero-order chi connectivity index (χ0) is 5.54. The van der Waals surface area contributed by atoms with E-state index in [0.717, 1.165) is 0 Å². The van der Waals surface area contributed by atoms with Crippen molar-refractivity contribution in [2.45, 2.75) is 0 Å². The molecule has 0 aliphatic rings. The van der Waals surface area contributed by atoms with Gasteiger partial charge in [-0.15, -0.1) is 12.4 Å². The van der Waals surface area contributed by atoms with Gasteiger partial charge in [0.25, 0.3) is 0 Å². The highest BCUT2D eigenvalue weighted by molar-refractivity contribution is 5.85. The molecule has 0 aromatic heterocycles. The molecule has 0 aromatic rings. The Morgan fingerprint density at radius 1 is 1.12 bits per heavy atom. The second kappa shape index (κ2) is 9.66. The molecular formula is C4H9ClN2O. The minimum Gasteiger partial charge on any atom is -0.435 e. The van der Waals surface area contributed by atoms with Gasteiger partial charge in [-0.1, -0.05) is 0 Å². The largest absolute Gasteiger partial charge is 0.435 e. The molecule has 0 amide bonds. The van der Waals surface area contributed by atoms with Crippen LogP contribution in [0.4, 0.5) is 0 Å². The Labute approximate surface area is 54.9 Å². The van der Waals surface area contributed by atoms with Gasteiger partial charge in [0.1, 0.15) is 0 Å². The first kappa shape index (κ1) is 10.4. The van der Waals surface area contributed by atoms with Crippen molar-refractivity contribution in [2.75, 3.05) is 14.1 Å². The quantitative estimate of drug-likeness (QED) is 0.407. The Hall–Kier alpha value is -0.570. The molecule has 0 aliphatic heterocycles. The van der Waals surface area contributed by atoms with Crippen molar-refractivity contribution in [3.63, 3.8) is 0 Å². The molecule has 48 valence electrons. The predicted octanol–water partition coefficient (Wildman–Crippen LogP) is 0.741. The molecule has 0 rings (SSSR count). The van der Waals surface area contributed by atoms with Crippen LogP contribution in [-0.4, -0.2) is 26.9 Å². The third-order valence-corrected chi connectivity index (χ3v) is 0.333. The van der Waals surface area contributed by atoms with Gasteiger partial charge in [-0.2, -0.15) is 0 Å². The van der Waals surface area contributed by atoms with Gasteiger partial charge in [0.2, 0.25) is 0 Å². The molecule has 0 saturated heterocycles. The van der Waals surface area contributed by atoms with Crippen molar-refractivity contribution in [1.82, 2.24) is 0 Å². The van der Waals surface area contributed by atoms with Gasteiger partial charge in [0.15, 0.2) is 12.8 Å². The lowest BCUT2D eigenvalue weighted by atomic mass is 11.2. The van der Waals surface area contributed by atoms with Crippen molar-refractivity contribution in [3.05, 3.63) is 0 Å². The average Bonchev–Trinajstić information content (AvgIpc) is 1.69. The summed E-state index contributed by atoms with van der Waals surface area (Å²) < 4.78 is 4.55. The molecule has 0 unspecified atom stereocenters. The average molecular weight is 137 g/mol. The maximum Gasteiger partial charge on any atom is 0.177 e. The summed E-state index contributed by atoms with van der Waals surface area (Å²) in [5, 5.41) is 0. The Morgan fingerprint density at radius 3 is 1.75 bits per heavy atom. The highest BCUT2D eigenvalue weighted by Crippen LogP contribution is 1.57. The summed E-state index contributed by atoms with van der Waals surface area (Å²) >= 11 is 0. The molecule has 3 nitrogen and oxygen atoms in total. The first-order valence-corrected chi connectivity index (χ1v) is 1.88. The summed E-state index contributed by atoms with van der Waals surface area (Å²) in [7, 11) is 3.26. The molecule has 0 aliphatic carbocycles. The number of rotatable bonds is 2. The van der Waals surface area contributed by atoms with Crippen LogP contribution in [0, 0.1) is 0 Å². The summed E-state index contributed by atoms with van der Waals surface area (Å²) in [5.41, 5.74) is 0. The minimum atomic E-state index is 0. The molecule has 0 bridgehead atoms. The van der Waals surface area contributed by atoms with E-state index < -0.39 is 0 Å². The fourth-order valence-corrected chi connectivity index (χ4v) is 0.149. The van der Waals surface area contributed by atoms with E-state index in [1.807, 2.05) is 0 Å². The molecule has 8 heavy (non-hydrogen) atoms. The van der Waals surface area contributed by atoms with E-state index in [9.17, 15) is 0 Å². The van der Waals surface area contributed by atoms with Crippen molar-refractivity contribution in [1.29, 1.82) is 0 Å². The van der Waals surface area contributed by atoms with Crippen LogP contribution in [0.2, 0.25) is 0 Å². The number of hydrogen-bond acceptors (Lipinski definition) is 3. The van der Waals surface area contributed by atoms with E-state index >= 15 is 0 Å². The highest BCUT2D eigenvalue weighted by atomic mass is 35.5. The Kier molecular flexibility index (Phi) is 12.6. The van der Waals surface area contributed by atoms with Crippen molar-refractivity contribution >= 4 is 25.2 Å². The molecule has 0 N–H and O–H groups in total. The van der Waals surface area contributed by atoms with Gasteiger partial charge in [0, 0.05) is 14.1 Å². The van der Waals surface area contributed by atoms with E-state index in [1.54, 1.807) is 14.1 Å². The van der Waals surface area contributed by atoms with Crippen LogP contribution in [0.15, 0.2) is 9.98 Å². The number of ether oxygens (including phenoxy) is 1. The zero-order valence-electron chi connectivity index (χ0n) is 4.87. The van der Waals surface area contributed by atoms with E-state index in [1.165, 1.54) is 12.8 Å². The van der Waals surface area contributed by atoms with E-state index in [4.69, 9.17) is 0 Å². The van der Waals surface area contributed by atoms with E-state index in [0.29, 0.717) is 0 Å². The highest BCUT2D eigenvalue weighted by Gasteiger charge is 1.59. The molecule has 0 atom stereocenters. The third kappa shape index (κ3) is 9.06. The molecule has 0 radical (unpaired) electrons. The van der Waals surface area contributed by atoms with Gasteiger partial charge in [0.05, 0.1) is 0 Å². The molecule has 0 saturated carbocycles. The van der Waals surface area contributed by atoms with Gasteiger partial charge in [-0.3, -0.25) is 9.98 Å². The second-order valence-corrected chi connectivity index (χ2v) is 0.863. The monoisotopic (exact) mass is 136 g/mol. The van der Waals surface area contributed by atoms with E-state index in [-0.39, 0.29) is 12.4 Å².